The van der Waals surface area contributed by atoms with Gasteiger partial charge in [-0.05, 0) is 0 Å². The van der Waals surface area contributed by atoms with Crippen molar-refractivity contribution in [3.63, 3.8) is 0 Å². The fraction of sp³-hybridized carbons (Fsp3) is 0.167. The van der Waals surface area contributed by atoms with Crippen LogP contribution >= 0.6 is 0 Å². The van der Waals surface area contributed by atoms with E-state index in [0.717, 1.165) is 5.56 Å². The predicted octanol–water partition coefficient (Wildman–Crippen LogP) is 1.33. The van der Waals surface area contributed by atoms with Gasteiger partial charge in [0.1, 0.15) is 0 Å². The maximum absolute atomic E-state index is 11.7. The molecule has 0 atom stereocenters. The molecule has 0 bridgehead atoms. The van der Waals surface area contributed by atoms with Gasteiger partial charge in [0.2, 0.25) is 0 Å². The Kier molecular flexibility index (Phi) is 2.94. The van der Waals surface area contributed by atoms with Crippen molar-refractivity contribution >= 4 is 32.7 Å². The van der Waals surface area contributed by atoms with Crippen molar-refractivity contribution in [2.45, 2.75) is 6.92 Å². The zero-order valence-corrected chi connectivity index (χ0v) is 10.8. The summed E-state index contributed by atoms with van der Waals surface area (Å²) in [4.78, 5) is 17.4. The number of carbonyl (C=O) groups excluding carboxylic acids is 1. The van der Waals surface area contributed by atoms with E-state index in [-0.39, 0.29) is 5.91 Å². The number of hydrogen-bond donors (Lipinski definition) is 0. The number of benzene rings is 1. The monoisotopic (exact) mass is 279 g/mol. The van der Waals surface area contributed by atoms with E-state index >= 15 is 0 Å². The van der Waals surface area contributed by atoms with Gasteiger partial charge in [0, 0.05) is 0 Å². The van der Waals surface area contributed by atoms with Gasteiger partial charge in [-0.2, -0.15) is 0 Å². The molecule has 4 heteroatoms. The third-order valence-electron chi connectivity index (χ3n) is 2.41. The van der Waals surface area contributed by atoms with Gasteiger partial charge in [-0.1, -0.05) is 0 Å². The average Bonchev–Trinajstić information content (AvgIpc) is 2.50. The van der Waals surface area contributed by atoms with E-state index in [0.29, 0.717) is 10.4 Å². The van der Waals surface area contributed by atoms with Crippen LogP contribution in [0.5, 0.6) is 0 Å². The van der Waals surface area contributed by atoms with Gasteiger partial charge in [-0.3, -0.25) is 0 Å². The molecule has 2 rings (SSSR count). The molecule has 0 aromatic heterocycles. The van der Waals surface area contributed by atoms with E-state index in [2.05, 4.69) is 21.0 Å². The van der Waals surface area contributed by atoms with Crippen LogP contribution in [-0.4, -0.2) is 38.6 Å². The minimum atomic E-state index is -0.0747. The molecular weight excluding hydrogens is 267 g/mol. The molecule has 0 saturated carbocycles. The van der Waals surface area contributed by atoms with Gasteiger partial charge in [0.05, 0.1) is 0 Å². The molecule has 16 heavy (non-hydrogen) atoms. The Morgan fingerprint density at radius 1 is 1.31 bits per heavy atom. The Hall–Kier alpha value is -1.38. The van der Waals surface area contributed by atoms with Gasteiger partial charge < -0.3 is 0 Å². The Labute approximate surface area is 103 Å². The summed E-state index contributed by atoms with van der Waals surface area (Å²) in [6, 6.07) is 7.97. The summed E-state index contributed by atoms with van der Waals surface area (Å²) in [5.74, 6) is -0.0747. The zero-order chi connectivity index (χ0) is 11.7. The quantitative estimate of drug-likeness (QED) is 0.563. The van der Waals surface area contributed by atoms with E-state index < -0.39 is 0 Å². The molecule has 3 nitrogen and oxygen atoms in total. The first kappa shape index (κ1) is 11.1. The fourth-order valence-electron chi connectivity index (χ4n) is 1.40. The number of rotatable bonds is 1. The SMILES string of the molecule is Cc1ccc(/C=C2/N=C([Se])N(C)C2=O)cc1. The predicted molar refractivity (Wildman–Crippen MR) is 65.1 cm³/mol. The van der Waals surface area contributed by atoms with Crippen molar-refractivity contribution in [3.8, 4) is 0 Å². The van der Waals surface area contributed by atoms with Crippen LogP contribution in [0.1, 0.15) is 11.1 Å². The molecule has 0 spiro atoms. The standard InChI is InChI=1S/C12H11N2OSe/c1-8-3-5-9(6-4-8)7-10-11(15)14(2)12(16)13-10/h3-7H,1-2H3/b10-7+. The summed E-state index contributed by atoms with van der Waals surface area (Å²) in [6.45, 7) is 2.03. The Morgan fingerprint density at radius 3 is 2.44 bits per heavy atom. The minimum absolute atomic E-state index is 0.0747. The number of likely N-dealkylation sites (N-methyl/N-ethyl adjacent to an activating group) is 1. The van der Waals surface area contributed by atoms with Crippen LogP contribution in [0.2, 0.25) is 0 Å². The van der Waals surface area contributed by atoms with Crippen molar-refractivity contribution in [1.82, 2.24) is 4.90 Å². The molecule has 0 saturated heterocycles. The number of hydrogen-bond acceptors (Lipinski definition) is 2. The molecule has 1 amide bonds. The van der Waals surface area contributed by atoms with Crippen LogP contribution in [0.4, 0.5) is 0 Å². The summed E-state index contributed by atoms with van der Waals surface area (Å²) >= 11 is 2.76. The molecule has 0 unspecified atom stereocenters. The molecule has 1 aromatic rings. The van der Waals surface area contributed by atoms with Crippen LogP contribution in [0.25, 0.3) is 6.08 Å². The number of carbonyl (C=O) groups is 1. The van der Waals surface area contributed by atoms with Gasteiger partial charge in [0.25, 0.3) is 0 Å². The maximum atomic E-state index is 11.7. The van der Waals surface area contributed by atoms with E-state index in [1.807, 2.05) is 31.2 Å². The Bertz CT molecular complexity index is 488. The second-order valence-electron chi connectivity index (χ2n) is 3.70. The van der Waals surface area contributed by atoms with Crippen LogP contribution in [0.15, 0.2) is 35.0 Å². The Balaban J connectivity index is 2.32. The molecule has 1 aromatic carbocycles. The summed E-state index contributed by atoms with van der Waals surface area (Å²) in [6.07, 6.45) is 1.79. The van der Waals surface area contributed by atoms with Gasteiger partial charge in [-0.25, -0.2) is 0 Å². The summed E-state index contributed by atoms with van der Waals surface area (Å²) < 4.78 is 0.614. The van der Waals surface area contributed by atoms with Crippen LogP contribution < -0.4 is 0 Å². The topological polar surface area (TPSA) is 32.7 Å². The van der Waals surface area contributed by atoms with E-state index in [1.165, 1.54) is 10.5 Å². The molecule has 0 N–H and O–H groups in total. The molecule has 1 aliphatic rings. The molecule has 0 fully saturated rings. The number of aliphatic imine (C=N–C) groups is 1. The Morgan fingerprint density at radius 2 is 1.94 bits per heavy atom. The van der Waals surface area contributed by atoms with Crippen molar-refractivity contribution in [1.29, 1.82) is 0 Å². The third kappa shape index (κ3) is 2.08. The van der Waals surface area contributed by atoms with E-state index in [9.17, 15) is 4.79 Å². The summed E-state index contributed by atoms with van der Waals surface area (Å²) in [7, 11) is 1.70. The summed E-state index contributed by atoms with van der Waals surface area (Å²) in [5, 5.41) is 0. The van der Waals surface area contributed by atoms with Crippen LogP contribution in [0.3, 0.4) is 0 Å². The van der Waals surface area contributed by atoms with Gasteiger partial charge in [-0.15, -0.1) is 0 Å². The molecule has 1 radical (unpaired) electrons. The normalized spacial score (nSPS) is 18.1. The number of aryl methyl sites for hydroxylation is 1. The second kappa shape index (κ2) is 4.24. The second-order valence-corrected chi connectivity index (χ2v) is 4.46. The first-order valence-corrected chi connectivity index (χ1v) is 5.76. The summed E-state index contributed by atoms with van der Waals surface area (Å²) in [5.41, 5.74) is 2.66. The molecule has 0 aliphatic carbocycles. The van der Waals surface area contributed by atoms with Crippen LogP contribution in [0, 0.1) is 6.92 Å². The molecule has 1 heterocycles. The van der Waals surface area contributed by atoms with Crippen molar-refractivity contribution < 1.29 is 4.79 Å². The van der Waals surface area contributed by atoms with Gasteiger partial charge in [0.15, 0.2) is 0 Å². The van der Waals surface area contributed by atoms with Crippen molar-refractivity contribution in [2.75, 3.05) is 7.05 Å². The van der Waals surface area contributed by atoms with Crippen molar-refractivity contribution in [3.05, 3.63) is 41.1 Å². The first-order valence-electron chi connectivity index (χ1n) is 4.90. The molecule has 81 valence electrons. The third-order valence-corrected chi connectivity index (χ3v) is 3.17. The fourth-order valence-corrected chi connectivity index (χ4v) is 1.78. The molecule has 1 aliphatic heterocycles. The first-order chi connectivity index (χ1) is 7.58. The molecular formula is C12H11N2OSe. The van der Waals surface area contributed by atoms with E-state index in [4.69, 9.17) is 0 Å². The number of amidine groups is 1. The zero-order valence-electron chi connectivity index (χ0n) is 9.10. The van der Waals surface area contributed by atoms with E-state index in [1.54, 1.807) is 13.1 Å². The number of nitrogens with zero attached hydrogens (tertiary/aromatic N) is 2. The van der Waals surface area contributed by atoms with Crippen molar-refractivity contribution in [2.24, 2.45) is 4.99 Å². The average molecular weight is 278 g/mol. The van der Waals surface area contributed by atoms with Crippen LogP contribution in [-0.2, 0) is 4.79 Å². The number of amides is 1. The van der Waals surface area contributed by atoms with Gasteiger partial charge >= 0.3 is 102 Å².